The minimum Gasteiger partial charge on any atom is -0.326 e. The Balaban J connectivity index is 1.58. The number of benzene rings is 2. The van der Waals surface area contributed by atoms with Gasteiger partial charge in [-0.25, -0.2) is 0 Å². The molecule has 2 atom stereocenters. The topological polar surface area (TPSA) is 58.2 Å². The molecule has 3 rings (SSSR count). The summed E-state index contributed by atoms with van der Waals surface area (Å²) < 4.78 is 0. The van der Waals surface area contributed by atoms with Crippen LogP contribution in [-0.2, 0) is 9.59 Å². The first-order chi connectivity index (χ1) is 11.8. The smallest absolute Gasteiger partial charge is 0.228 e. The van der Waals surface area contributed by atoms with Crippen molar-refractivity contribution in [3.05, 3.63) is 58.7 Å². The average molecular weight is 336 g/mol. The van der Waals surface area contributed by atoms with E-state index >= 15 is 0 Å². The maximum atomic E-state index is 12.4. The Morgan fingerprint density at radius 1 is 0.800 bits per heavy atom. The van der Waals surface area contributed by atoms with E-state index in [-0.39, 0.29) is 23.7 Å². The molecule has 4 heteroatoms. The number of hydrogen-bond donors (Lipinski definition) is 2. The first-order valence-electron chi connectivity index (χ1n) is 8.61. The van der Waals surface area contributed by atoms with E-state index in [1.165, 1.54) is 5.56 Å². The highest BCUT2D eigenvalue weighted by molar-refractivity contribution is 6.03. The largest absolute Gasteiger partial charge is 0.326 e. The lowest BCUT2D eigenvalue weighted by Gasteiger charge is -2.10. The number of aryl methyl sites for hydroxylation is 4. The van der Waals surface area contributed by atoms with Crippen LogP contribution in [0.4, 0.5) is 11.4 Å². The van der Waals surface area contributed by atoms with Gasteiger partial charge in [-0.3, -0.25) is 9.59 Å². The van der Waals surface area contributed by atoms with Crippen LogP contribution in [0.25, 0.3) is 0 Å². The van der Waals surface area contributed by atoms with Crippen LogP contribution in [0.15, 0.2) is 36.4 Å². The molecule has 0 heterocycles. The van der Waals surface area contributed by atoms with Crippen LogP contribution in [0.2, 0.25) is 0 Å². The van der Waals surface area contributed by atoms with Crippen LogP contribution >= 0.6 is 0 Å². The Labute approximate surface area is 148 Å². The maximum Gasteiger partial charge on any atom is 0.228 e. The Bertz CT molecular complexity index is 842. The third-order valence-corrected chi connectivity index (χ3v) is 4.88. The van der Waals surface area contributed by atoms with Crippen LogP contribution in [0.3, 0.4) is 0 Å². The van der Waals surface area contributed by atoms with Gasteiger partial charge < -0.3 is 10.6 Å². The Morgan fingerprint density at radius 3 is 2.12 bits per heavy atom. The molecule has 0 bridgehead atoms. The molecule has 2 amide bonds. The molecule has 2 unspecified atom stereocenters. The summed E-state index contributed by atoms with van der Waals surface area (Å²) in [7, 11) is 0. The lowest BCUT2D eigenvalue weighted by atomic mass is 10.1. The van der Waals surface area contributed by atoms with Gasteiger partial charge in [-0.05, 0) is 69.0 Å². The van der Waals surface area contributed by atoms with Crippen molar-refractivity contribution in [1.29, 1.82) is 0 Å². The van der Waals surface area contributed by atoms with Crippen molar-refractivity contribution in [3.63, 3.8) is 0 Å². The Morgan fingerprint density at radius 2 is 1.48 bits per heavy atom. The summed E-state index contributed by atoms with van der Waals surface area (Å²) >= 11 is 0. The van der Waals surface area contributed by atoms with Gasteiger partial charge in [0, 0.05) is 11.4 Å². The van der Waals surface area contributed by atoms with Crippen LogP contribution in [0.1, 0.15) is 28.7 Å². The van der Waals surface area contributed by atoms with Gasteiger partial charge in [-0.15, -0.1) is 0 Å². The molecule has 0 radical (unpaired) electrons. The zero-order valence-electron chi connectivity index (χ0n) is 15.1. The standard InChI is InChI=1S/C21H24N2O2/c1-12-5-8-19(15(4)9-12)23-21(25)18-11-17(18)20(24)22-16-7-6-13(2)14(3)10-16/h5-10,17-18H,11H2,1-4H3,(H,22,24)(H,23,25). The van der Waals surface area contributed by atoms with Crippen LogP contribution in [0.5, 0.6) is 0 Å². The summed E-state index contributed by atoms with van der Waals surface area (Å²) in [6.07, 6.45) is 0.605. The highest BCUT2D eigenvalue weighted by Crippen LogP contribution is 2.40. The van der Waals surface area contributed by atoms with E-state index in [0.29, 0.717) is 6.42 Å². The van der Waals surface area contributed by atoms with Crippen molar-refractivity contribution in [2.24, 2.45) is 11.8 Å². The Kier molecular flexibility index (Phi) is 4.62. The first-order valence-corrected chi connectivity index (χ1v) is 8.61. The van der Waals surface area contributed by atoms with Gasteiger partial charge in [0.1, 0.15) is 0 Å². The summed E-state index contributed by atoms with van der Waals surface area (Å²) in [4.78, 5) is 24.7. The number of carbonyl (C=O) groups excluding carboxylic acids is 2. The van der Waals surface area contributed by atoms with Gasteiger partial charge in [0.15, 0.2) is 0 Å². The van der Waals surface area contributed by atoms with E-state index in [9.17, 15) is 9.59 Å². The quantitative estimate of drug-likeness (QED) is 0.882. The van der Waals surface area contributed by atoms with Crippen molar-refractivity contribution in [2.45, 2.75) is 34.1 Å². The second kappa shape index (κ2) is 6.71. The molecule has 0 saturated heterocycles. The minimum atomic E-state index is -0.243. The lowest BCUT2D eigenvalue weighted by Crippen LogP contribution is -2.21. The fourth-order valence-corrected chi connectivity index (χ4v) is 3.01. The molecule has 1 fully saturated rings. The molecule has 1 saturated carbocycles. The van der Waals surface area contributed by atoms with Crippen LogP contribution in [0, 0.1) is 39.5 Å². The lowest BCUT2D eigenvalue weighted by molar-refractivity contribution is -0.122. The molecule has 130 valence electrons. The molecule has 2 N–H and O–H groups in total. The number of amides is 2. The minimum absolute atomic E-state index is 0.0767. The van der Waals surface area contributed by atoms with Gasteiger partial charge in [-0.1, -0.05) is 23.8 Å². The van der Waals surface area contributed by atoms with Gasteiger partial charge >= 0.3 is 0 Å². The number of nitrogens with one attached hydrogen (secondary N) is 2. The number of anilines is 2. The van der Waals surface area contributed by atoms with Crippen molar-refractivity contribution in [3.8, 4) is 0 Å². The molecule has 4 nitrogen and oxygen atoms in total. The predicted molar refractivity (Wildman–Crippen MR) is 101 cm³/mol. The number of hydrogen-bond acceptors (Lipinski definition) is 2. The van der Waals surface area contributed by atoms with Crippen molar-refractivity contribution < 1.29 is 9.59 Å². The fraction of sp³-hybridized carbons (Fsp3) is 0.333. The number of carbonyl (C=O) groups is 2. The van der Waals surface area contributed by atoms with E-state index in [2.05, 4.69) is 10.6 Å². The second-order valence-electron chi connectivity index (χ2n) is 7.04. The third-order valence-electron chi connectivity index (χ3n) is 4.88. The first kappa shape index (κ1) is 17.2. The molecule has 1 aliphatic rings. The summed E-state index contributed by atoms with van der Waals surface area (Å²) in [6, 6.07) is 11.8. The van der Waals surface area contributed by atoms with E-state index < -0.39 is 0 Å². The molecule has 0 spiro atoms. The van der Waals surface area contributed by atoms with E-state index in [4.69, 9.17) is 0 Å². The molecule has 2 aromatic rings. The van der Waals surface area contributed by atoms with E-state index in [1.54, 1.807) is 0 Å². The molecular weight excluding hydrogens is 312 g/mol. The van der Waals surface area contributed by atoms with Crippen LogP contribution in [-0.4, -0.2) is 11.8 Å². The van der Waals surface area contributed by atoms with Gasteiger partial charge in [0.2, 0.25) is 11.8 Å². The zero-order chi connectivity index (χ0) is 18.1. The third kappa shape index (κ3) is 3.90. The fourth-order valence-electron chi connectivity index (χ4n) is 3.01. The molecule has 2 aromatic carbocycles. The maximum absolute atomic E-state index is 12.4. The van der Waals surface area contributed by atoms with Crippen molar-refractivity contribution >= 4 is 23.2 Å². The highest BCUT2D eigenvalue weighted by atomic mass is 16.2. The molecule has 1 aliphatic carbocycles. The predicted octanol–water partition coefficient (Wildman–Crippen LogP) is 4.13. The second-order valence-corrected chi connectivity index (χ2v) is 7.04. The Hall–Kier alpha value is -2.62. The SMILES string of the molecule is Cc1ccc(NC(=O)C2CC2C(=O)Nc2ccc(C)c(C)c2)c(C)c1. The summed E-state index contributed by atoms with van der Waals surface area (Å²) in [5, 5.41) is 5.87. The number of rotatable bonds is 4. The van der Waals surface area contributed by atoms with Crippen molar-refractivity contribution in [2.75, 3.05) is 10.6 Å². The summed E-state index contributed by atoms with van der Waals surface area (Å²) in [6.45, 7) is 8.05. The van der Waals surface area contributed by atoms with Crippen LogP contribution < -0.4 is 10.6 Å². The highest BCUT2D eigenvalue weighted by Gasteiger charge is 2.48. The van der Waals surface area contributed by atoms with Gasteiger partial charge in [0.25, 0.3) is 0 Å². The molecule has 0 aliphatic heterocycles. The molecule has 25 heavy (non-hydrogen) atoms. The summed E-state index contributed by atoms with van der Waals surface area (Å²) in [5.41, 5.74) is 6.12. The normalized spacial score (nSPS) is 18.6. The van der Waals surface area contributed by atoms with Gasteiger partial charge in [0.05, 0.1) is 11.8 Å². The summed E-state index contributed by atoms with van der Waals surface area (Å²) in [5.74, 6) is -0.643. The van der Waals surface area contributed by atoms with Crippen molar-refractivity contribution in [1.82, 2.24) is 0 Å². The zero-order valence-corrected chi connectivity index (χ0v) is 15.1. The average Bonchev–Trinajstić information content (AvgIpc) is 3.34. The van der Waals surface area contributed by atoms with E-state index in [0.717, 1.165) is 28.1 Å². The monoisotopic (exact) mass is 336 g/mol. The van der Waals surface area contributed by atoms with Gasteiger partial charge in [-0.2, -0.15) is 0 Å². The molecule has 0 aromatic heterocycles. The van der Waals surface area contributed by atoms with E-state index in [1.807, 2.05) is 64.1 Å². The molecular formula is C21H24N2O2.